The van der Waals surface area contributed by atoms with Gasteiger partial charge in [-0.25, -0.2) is 0 Å². The number of rotatable bonds is 6. The number of benzene rings is 2. The van der Waals surface area contributed by atoms with Gasteiger partial charge in [-0.15, -0.1) is 10.2 Å². The van der Waals surface area contributed by atoms with Gasteiger partial charge in [0.15, 0.2) is 11.0 Å². The van der Waals surface area contributed by atoms with Gasteiger partial charge in [0.05, 0.1) is 25.7 Å². The third-order valence-corrected chi connectivity index (χ3v) is 5.72. The zero-order valence-electron chi connectivity index (χ0n) is 15.5. The quantitative estimate of drug-likeness (QED) is 0.647. The molecule has 0 bridgehead atoms. The van der Waals surface area contributed by atoms with Crippen molar-refractivity contribution < 1.29 is 4.90 Å². The Bertz CT molecular complexity index is 959. The molecule has 0 aliphatic carbocycles. The largest absolute Gasteiger partial charge is 0.331 e. The number of quaternary nitrogens is 1. The Balaban J connectivity index is 1.97. The Morgan fingerprint density at radius 1 is 1.15 bits per heavy atom. The van der Waals surface area contributed by atoms with Gasteiger partial charge in [-0.2, -0.15) is 5.26 Å². The molecule has 0 saturated carbocycles. The van der Waals surface area contributed by atoms with E-state index in [9.17, 15) is 5.26 Å². The normalized spacial score (nSPS) is 12.1. The van der Waals surface area contributed by atoms with Crippen molar-refractivity contribution in [3.63, 3.8) is 0 Å². The van der Waals surface area contributed by atoms with Gasteiger partial charge in [-0.1, -0.05) is 41.6 Å². The van der Waals surface area contributed by atoms with Crippen LogP contribution in [0.3, 0.4) is 0 Å². The summed E-state index contributed by atoms with van der Waals surface area (Å²) in [6.07, 6.45) is 0. The molecule has 1 aromatic heterocycles. The van der Waals surface area contributed by atoms with Crippen LogP contribution in [-0.4, -0.2) is 28.9 Å². The third kappa shape index (κ3) is 4.33. The van der Waals surface area contributed by atoms with Crippen LogP contribution < -0.4 is 4.90 Å². The lowest BCUT2D eigenvalue weighted by Crippen LogP contribution is -3.05. The standard InChI is InChI=1S/C20H20ClN5S/c1-14(25(2)3)19-23-24-20(26(19)18-10-8-17(21)9-11-18)27-13-16-7-5-4-6-15(16)12-22/h4-11,14H,13H2,1-3H3/p+1/t14-/m1/s1. The maximum Gasteiger partial charge on any atom is 0.196 e. The van der Waals surface area contributed by atoms with Crippen LogP contribution in [-0.2, 0) is 5.75 Å². The van der Waals surface area contributed by atoms with E-state index in [-0.39, 0.29) is 6.04 Å². The van der Waals surface area contributed by atoms with E-state index in [2.05, 4.69) is 41.9 Å². The molecule has 0 saturated heterocycles. The summed E-state index contributed by atoms with van der Waals surface area (Å²) in [6, 6.07) is 17.7. The van der Waals surface area contributed by atoms with Crippen molar-refractivity contribution in [2.75, 3.05) is 14.1 Å². The summed E-state index contributed by atoms with van der Waals surface area (Å²) in [5.74, 6) is 1.55. The van der Waals surface area contributed by atoms with Crippen LogP contribution in [0.15, 0.2) is 53.7 Å². The summed E-state index contributed by atoms with van der Waals surface area (Å²) in [7, 11) is 4.20. The predicted octanol–water partition coefficient (Wildman–Crippen LogP) is 3.29. The molecule has 0 aliphatic heterocycles. The van der Waals surface area contributed by atoms with Crippen LogP contribution in [0.1, 0.15) is 29.9 Å². The van der Waals surface area contributed by atoms with E-state index in [4.69, 9.17) is 11.6 Å². The topological polar surface area (TPSA) is 58.9 Å². The van der Waals surface area contributed by atoms with Crippen LogP contribution in [0, 0.1) is 11.3 Å². The number of halogens is 1. The van der Waals surface area contributed by atoms with Gasteiger partial charge in [0.25, 0.3) is 0 Å². The fourth-order valence-electron chi connectivity index (χ4n) is 2.64. The number of nitrogens with one attached hydrogen (secondary N) is 1. The Kier molecular flexibility index (Phi) is 6.17. The molecule has 138 valence electrons. The van der Waals surface area contributed by atoms with Gasteiger partial charge in [-0.05, 0) is 42.8 Å². The van der Waals surface area contributed by atoms with Crippen molar-refractivity contribution in [2.45, 2.75) is 23.9 Å². The summed E-state index contributed by atoms with van der Waals surface area (Å²) in [5, 5.41) is 19.7. The van der Waals surface area contributed by atoms with E-state index in [1.54, 1.807) is 11.8 Å². The first kappa shape index (κ1) is 19.4. The molecule has 0 unspecified atom stereocenters. The molecule has 27 heavy (non-hydrogen) atoms. The molecule has 1 atom stereocenters. The monoisotopic (exact) mass is 398 g/mol. The Hall–Kier alpha value is -2.33. The van der Waals surface area contributed by atoms with E-state index in [1.807, 2.05) is 48.5 Å². The molecule has 3 aromatic rings. The minimum atomic E-state index is 0.175. The summed E-state index contributed by atoms with van der Waals surface area (Å²) >= 11 is 7.63. The van der Waals surface area contributed by atoms with Crippen LogP contribution in [0.5, 0.6) is 0 Å². The summed E-state index contributed by atoms with van der Waals surface area (Å²) in [5.41, 5.74) is 2.65. The lowest BCUT2D eigenvalue weighted by molar-refractivity contribution is -0.890. The van der Waals surface area contributed by atoms with Gasteiger partial charge < -0.3 is 4.90 Å². The molecule has 0 fully saturated rings. The van der Waals surface area contributed by atoms with Crippen molar-refractivity contribution in [1.29, 1.82) is 5.26 Å². The Morgan fingerprint density at radius 2 is 1.85 bits per heavy atom. The van der Waals surface area contributed by atoms with E-state index in [1.165, 1.54) is 4.90 Å². The average molecular weight is 399 g/mol. The van der Waals surface area contributed by atoms with Gasteiger partial charge >= 0.3 is 0 Å². The lowest BCUT2D eigenvalue weighted by atomic mass is 10.1. The molecule has 5 nitrogen and oxygen atoms in total. The molecular formula is C20H21ClN5S+. The first-order valence-corrected chi connectivity index (χ1v) is 9.99. The van der Waals surface area contributed by atoms with Crippen molar-refractivity contribution >= 4 is 23.4 Å². The molecule has 0 spiro atoms. The Labute approximate surface area is 168 Å². The second kappa shape index (κ2) is 8.57. The van der Waals surface area contributed by atoms with Gasteiger partial charge in [0.2, 0.25) is 0 Å². The van der Waals surface area contributed by atoms with Crippen molar-refractivity contribution in [1.82, 2.24) is 14.8 Å². The molecule has 7 heteroatoms. The van der Waals surface area contributed by atoms with Crippen LogP contribution >= 0.6 is 23.4 Å². The van der Waals surface area contributed by atoms with E-state index in [0.717, 1.165) is 22.2 Å². The van der Waals surface area contributed by atoms with Gasteiger partial charge in [0.1, 0.15) is 6.04 Å². The fourth-order valence-corrected chi connectivity index (χ4v) is 3.73. The average Bonchev–Trinajstić information content (AvgIpc) is 3.10. The van der Waals surface area contributed by atoms with Crippen LogP contribution in [0.4, 0.5) is 0 Å². The molecule has 2 aromatic carbocycles. The molecule has 3 rings (SSSR count). The minimum absolute atomic E-state index is 0.175. The van der Waals surface area contributed by atoms with Gasteiger partial charge in [0, 0.05) is 16.5 Å². The minimum Gasteiger partial charge on any atom is -0.331 e. The second-order valence-electron chi connectivity index (χ2n) is 6.51. The van der Waals surface area contributed by atoms with Crippen LogP contribution in [0.2, 0.25) is 5.02 Å². The Morgan fingerprint density at radius 3 is 2.52 bits per heavy atom. The molecular weight excluding hydrogens is 378 g/mol. The molecule has 0 radical (unpaired) electrons. The maximum absolute atomic E-state index is 9.30. The number of hydrogen-bond donors (Lipinski definition) is 1. The number of thioether (sulfide) groups is 1. The molecule has 1 heterocycles. The summed E-state index contributed by atoms with van der Waals surface area (Å²) < 4.78 is 2.08. The highest BCUT2D eigenvalue weighted by Crippen LogP contribution is 2.28. The number of nitrogens with zero attached hydrogens (tertiary/aromatic N) is 4. The number of aromatic nitrogens is 3. The first-order valence-electron chi connectivity index (χ1n) is 8.63. The fraction of sp³-hybridized carbons (Fsp3) is 0.250. The van der Waals surface area contributed by atoms with Crippen molar-refractivity contribution in [2.24, 2.45) is 0 Å². The molecule has 0 amide bonds. The smallest absolute Gasteiger partial charge is 0.196 e. The SMILES string of the molecule is C[C@H](c1nnc(SCc2ccccc2C#N)n1-c1ccc(Cl)cc1)[NH+](C)C. The highest BCUT2D eigenvalue weighted by Gasteiger charge is 2.23. The zero-order valence-corrected chi connectivity index (χ0v) is 17.1. The predicted molar refractivity (Wildman–Crippen MR) is 108 cm³/mol. The van der Waals surface area contributed by atoms with Gasteiger partial charge in [-0.3, -0.25) is 4.57 Å². The van der Waals surface area contributed by atoms with Crippen molar-refractivity contribution in [3.8, 4) is 11.8 Å². The summed E-state index contributed by atoms with van der Waals surface area (Å²) in [4.78, 5) is 1.27. The highest BCUT2D eigenvalue weighted by molar-refractivity contribution is 7.98. The number of hydrogen-bond acceptors (Lipinski definition) is 4. The highest BCUT2D eigenvalue weighted by atomic mass is 35.5. The van der Waals surface area contributed by atoms with Crippen LogP contribution in [0.25, 0.3) is 5.69 Å². The van der Waals surface area contributed by atoms with E-state index >= 15 is 0 Å². The zero-order chi connectivity index (χ0) is 19.4. The summed E-state index contributed by atoms with van der Waals surface area (Å²) in [6.45, 7) is 2.13. The maximum atomic E-state index is 9.30. The second-order valence-corrected chi connectivity index (χ2v) is 7.89. The first-order chi connectivity index (χ1) is 13.0. The molecule has 0 aliphatic rings. The third-order valence-electron chi connectivity index (χ3n) is 4.49. The van der Waals surface area contributed by atoms with E-state index in [0.29, 0.717) is 16.3 Å². The number of nitriles is 1. The van der Waals surface area contributed by atoms with E-state index < -0.39 is 0 Å². The molecule has 1 N–H and O–H groups in total. The lowest BCUT2D eigenvalue weighted by Gasteiger charge is -2.18. The van der Waals surface area contributed by atoms with Crippen molar-refractivity contribution in [3.05, 3.63) is 70.5 Å².